The van der Waals surface area contributed by atoms with E-state index in [9.17, 15) is 0 Å². The van der Waals surface area contributed by atoms with Gasteiger partial charge in [-0.1, -0.05) is 121 Å². The molecule has 1 nitrogen and oxygen atoms in total. The molecule has 0 unspecified atom stereocenters. The fraction of sp³-hybridized carbons (Fsp3) is 0.143. The van der Waals surface area contributed by atoms with Crippen molar-refractivity contribution in [3.05, 3.63) is 113 Å². The minimum absolute atomic E-state index is 0. The van der Waals surface area contributed by atoms with Crippen LogP contribution in [0.15, 0.2) is 91.0 Å². The van der Waals surface area contributed by atoms with Crippen molar-refractivity contribution < 1.29 is 18.9 Å². The van der Waals surface area contributed by atoms with Gasteiger partial charge >= 0.3 is 18.9 Å². The van der Waals surface area contributed by atoms with E-state index >= 15 is 0 Å². The number of hydrogen-bond acceptors (Lipinski definition) is 0. The standard InChI is InChI=1S/C21H20N.Li/c1-17(18-11-5-2-6-12-18)22-21(19-13-7-3-8-14-19)20-15-9-4-10-16-20;/h2-17,21H,1H3;/q-1;+1/t17-;/m0./s1. The first-order chi connectivity index (χ1) is 10.8. The summed E-state index contributed by atoms with van der Waals surface area (Å²) >= 11 is 0. The molecule has 0 aromatic heterocycles. The Bertz CT molecular complexity index is 643. The quantitative estimate of drug-likeness (QED) is 0.642. The van der Waals surface area contributed by atoms with Crippen molar-refractivity contribution in [3.8, 4) is 0 Å². The maximum Gasteiger partial charge on any atom is 1.00 e. The van der Waals surface area contributed by atoms with Crippen LogP contribution < -0.4 is 18.9 Å². The van der Waals surface area contributed by atoms with Gasteiger partial charge in [0.15, 0.2) is 0 Å². The molecule has 0 aliphatic rings. The molecule has 0 saturated carbocycles. The fourth-order valence-corrected chi connectivity index (χ4v) is 2.68. The molecule has 3 aromatic carbocycles. The SMILES string of the molecule is C[C@H]([N-]C(c1ccccc1)c1ccccc1)c1ccccc1.[Li+]. The molecule has 0 heterocycles. The molecule has 1 atom stereocenters. The summed E-state index contributed by atoms with van der Waals surface area (Å²) in [6.07, 6.45) is 0. The average Bonchev–Trinajstić information content (AvgIpc) is 2.62. The van der Waals surface area contributed by atoms with Crippen LogP contribution in [0.5, 0.6) is 0 Å². The predicted molar refractivity (Wildman–Crippen MR) is 92.9 cm³/mol. The Kier molecular flexibility index (Phi) is 6.68. The molecule has 0 bridgehead atoms. The molecule has 0 fully saturated rings. The largest absolute Gasteiger partial charge is 1.00 e. The Labute approximate surface area is 150 Å². The van der Waals surface area contributed by atoms with Gasteiger partial charge in [-0.2, -0.15) is 0 Å². The summed E-state index contributed by atoms with van der Waals surface area (Å²) in [5, 5.41) is 5.09. The molecular weight excluding hydrogens is 273 g/mol. The van der Waals surface area contributed by atoms with E-state index in [0.29, 0.717) is 0 Å². The molecule has 0 aliphatic carbocycles. The van der Waals surface area contributed by atoms with Crippen LogP contribution in [0.4, 0.5) is 0 Å². The van der Waals surface area contributed by atoms with Crippen molar-refractivity contribution in [1.82, 2.24) is 0 Å². The van der Waals surface area contributed by atoms with E-state index in [4.69, 9.17) is 5.32 Å². The molecular formula is C21H20LiN. The Hall–Kier alpha value is -1.78. The molecule has 0 radical (unpaired) electrons. The number of benzene rings is 3. The van der Waals surface area contributed by atoms with Crippen molar-refractivity contribution in [2.24, 2.45) is 0 Å². The molecule has 3 rings (SSSR count). The van der Waals surface area contributed by atoms with E-state index in [1.54, 1.807) is 0 Å². The van der Waals surface area contributed by atoms with Gasteiger partial charge in [-0.25, -0.2) is 0 Å². The van der Waals surface area contributed by atoms with E-state index in [2.05, 4.69) is 79.7 Å². The number of rotatable bonds is 5. The first kappa shape index (κ1) is 17.6. The second kappa shape index (κ2) is 8.75. The molecule has 3 aromatic rings. The van der Waals surface area contributed by atoms with Gasteiger partial charge in [0.1, 0.15) is 0 Å². The summed E-state index contributed by atoms with van der Waals surface area (Å²) in [6.45, 7) is 2.16. The number of hydrogen-bond donors (Lipinski definition) is 0. The summed E-state index contributed by atoms with van der Waals surface area (Å²) in [6, 6.07) is 31.7. The van der Waals surface area contributed by atoms with Gasteiger partial charge in [-0.05, 0) is 0 Å². The molecule has 0 N–H and O–H groups in total. The van der Waals surface area contributed by atoms with Gasteiger partial charge in [-0.3, -0.25) is 0 Å². The minimum Gasteiger partial charge on any atom is -0.646 e. The Morgan fingerprint density at radius 3 is 1.30 bits per heavy atom. The van der Waals surface area contributed by atoms with E-state index < -0.39 is 0 Å². The third kappa shape index (κ3) is 4.59. The normalized spacial score (nSPS) is 11.7. The van der Waals surface area contributed by atoms with Gasteiger partial charge in [0.25, 0.3) is 0 Å². The van der Waals surface area contributed by atoms with Crippen molar-refractivity contribution in [1.29, 1.82) is 0 Å². The fourth-order valence-electron chi connectivity index (χ4n) is 2.68. The van der Waals surface area contributed by atoms with Gasteiger partial charge in [0.2, 0.25) is 0 Å². The van der Waals surface area contributed by atoms with Crippen molar-refractivity contribution in [2.45, 2.75) is 19.0 Å². The monoisotopic (exact) mass is 293 g/mol. The Morgan fingerprint density at radius 2 is 0.913 bits per heavy atom. The third-order valence-electron chi connectivity index (χ3n) is 3.89. The van der Waals surface area contributed by atoms with Crippen LogP contribution in [0.1, 0.15) is 35.7 Å². The molecule has 2 heteroatoms. The summed E-state index contributed by atoms with van der Waals surface area (Å²) in [7, 11) is 0. The zero-order valence-electron chi connectivity index (χ0n) is 13.8. The molecule has 0 amide bonds. The molecule has 0 aliphatic heterocycles. The maximum atomic E-state index is 5.09. The van der Waals surface area contributed by atoms with E-state index in [1.807, 2.05) is 18.2 Å². The van der Waals surface area contributed by atoms with Gasteiger partial charge in [0.05, 0.1) is 0 Å². The molecule has 110 valence electrons. The maximum absolute atomic E-state index is 5.09. The summed E-state index contributed by atoms with van der Waals surface area (Å²) < 4.78 is 0. The second-order valence-electron chi connectivity index (χ2n) is 5.46. The Balaban J connectivity index is 0.00000192. The van der Waals surface area contributed by atoms with Crippen LogP contribution in [-0.4, -0.2) is 0 Å². The van der Waals surface area contributed by atoms with Crippen LogP contribution in [0, 0.1) is 0 Å². The van der Waals surface area contributed by atoms with Crippen molar-refractivity contribution >= 4 is 0 Å². The van der Waals surface area contributed by atoms with Crippen molar-refractivity contribution in [3.63, 3.8) is 0 Å². The number of nitrogens with zero attached hydrogens (tertiary/aromatic N) is 1. The van der Waals surface area contributed by atoms with Gasteiger partial charge in [-0.15, -0.1) is 6.04 Å². The van der Waals surface area contributed by atoms with Crippen molar-refractivity contribution in [2.75, 3.05) is 0 Å². The van der Waals surface area contributed by atoms with E-state index in [1.165, 1.54) is 16.7 Å². The topological polar surface area (TPSA) is 14.1 Å². The van der Waals surface area contributed by atoms with E-state index in [0.717, 1.165) is 0 Å². The zero-order chi connectivity index (χ0) is 15.2. The molecule has 0 saturated heterocycles. The van der Waals surface area contributed by atoms with E-state index in [-0.39, 0.29) is 30.9 Å². The molecule has 23 heavy (non-hydrogen) atoms. The summed E-state index contributed by atoms with van der Waals surface area (Å²) in [4.78, 5) is 0. The third-order valence-corrected chi connectivity index (χ3v) is 3.89. The average molecular weight is 293 g/mol. The van der Waals surface area contributed by atoms with Crippen LogP contribution in [0.25, 0.3) is 5.32 Å². The molecule has 0 spiro atoms. The van der Waals surface area contributed by atoms with Crippen LogP contribution in [0.2, 0.25) is 0 Å². The predicted octanol–water partition coefficient (Wildman–Crippen LogP) is 2.91. The summed E-state index contributed by atoms with van der Waals surface area (Å²) in [5.74, 6) is 0. The first-order valence-corrected chi connectivity index (χ1v) is 7.69. The van der Waals surface area contributed by atoms with Gasteiger partial charge < -0.3 is 5.32 Å². The smallest absolute Gasteiger partial charge is 0.646 e. The second-order valence-corrected chi connectivity index (χ2v) is 5.46. The van der Waals surface area contributed by atoms with Crippen LogP contribution >= 0.6 is 0 Å². The van der Waals surface area contributed by atoms with Crippen LogP contribution in [0.3, 0.4) is 0 Å². The first-order valence-electron chi connectivity index (χ1n) is 7.69. The minimum atomic E-state index is 0. The summed E-state index contributed by atoms with van der Waals surface area (Å²) in [5.41, 5.74) is 3.72. The van der Waals surface area contributed by atoms with Crippen LogP contribution in [-0.2, 0) is 0 Å². The van der Waals surface area contributed by atoms with Gasteiger partial charge in [0, 0.05) is 0 Å². The zero-order valence-corrected chi connectivity index (χ0v) is 13.8. The Morgan fingerprint density at radius 1 is 0.565 bits per heavy atom.